The Morgan fingerprint density at radius 3 is 2.89 bits per heavy atom. The highest BCUT2D eigenvalue weighted by Crippen LogP contribution is 2.33. The number of aromatic nitrogens is 2. The number of benzene rings is 1. The molecule has 148 valence electrons. The summed E-state index contributed by atoms with van der Waals surface area (Å²) in [5, 5.41) is 4.54. The van der Waals surface area contributed by atoms with Crippen molar-refractivity contribution in [2.24, 2.45) is 0 Å². The number of ether oxygens (including phenoxy) is 1. The molecule has 0 aliphatic heterocycles. The van der Waals surface area contributed by atoms with Crippen molar-refractivity contribution in [2.45, 2.75) is 58.2 Å². The first-order valence-electron chi connectivity index (χ1n) is 10.1. The summed E-state index contributed by atoms with van der Waals surface area (Å²) < 4.78 is 7.00. The lowest BCUT2D eigenvalue weighted by Gasteiger charge is -2.23. The lowest BCUT2D eigenvalue weighted by molar-refractivity contribution is 0.414. The quantitative estimate of drug-likeness (QED) is 0.657. The van der Waals surface area contributed by atoms with Gasteiger partial charge >= 0.3 is 0 Å². The van der Waals surface area contributed by atoms with Crippen molar-refractivity contribution in [1.82, 2.24) is 14.9 Å². The van der Waals surface area contributed by atoms with Crippen molar-refractivity contribution in [3.63, 3.8) is 0 Å². The van der Waals surface area contributed by atoms with Crippen molar-refractivity contribution >= 4 is 21.6 Å². The zero-order valence-electron chi connectivity index (χ0n) is 16.5. The highest BCUT2D eigenvalue weighted by atomic mass is 32.1. The summed E-state index contributed by atoms with van der Waals surface area (Å²) in [4.78, 5) is 19.7. The van der Waals surface area contributed by atoms with E-state index in [0.29, 0.717) is 6.04 Å². The molecule has 0 amide bonds. The van der Waals surface area contributed by atoms with Gasteiger partial charge in [0.25, 0.3) is 5.56 Å². The number of thiophene rings is 1. The first-order valence-corrected chi connectivity index (χ1v) is 10.9. The number of methoxy groups -OCH3 is 1. The van der Waals surface area contributed by atoms with Crippen LogP contribution in [0, 0.1) is 0 Å². The van der Waals surface area contributed by atoms with Crippen LogP contribution in [0.3, 0.4) is 0 Å². The Hall–Kier alpha value is -2.18. The standard InChI is InChI=1S/C22H27N3O2S/c1-3-4-11-25-14-24-21-20(22(25)26)18-10-7-16(12-19(18)28-21)23-13-15-5-8-17(27-2)9-6-15/h5-6,8-9,14,16,23H,3-4,7,10-13H2,1-2H3/t16-/m0/s1. The van der Waals surface area contributed by atoms with Crippen LogP contribution in [-0.4, -0.2) is 22.7 Å². The van der Waals surface area contributed by atoms with Crippen LogP contribution in [-0.2, 0) is 25.9 Å². The van der Waals surface area contributed by atoms with Crippen LogP contribution in [0.25, 0.3) is 10.2 Å². The van der Waals surface area contributed by atoms with E-state index in [9.17, 15) is 4.79 Å². The maximum Gasteiger partial charge on any atom is 0.262 e. The molecule has 4 rings (SSSR count). The van der Waals surface area contributed by atoms with Crippen molar-refractivity contribution < 1.29 is 4.74 Å². The molecule has 0 radical (unpaired) electrons. The van der Waals surface area contributed by atoms with E-state index in [0.717, 1.165) is 61.2 Å². The van der Waals surface area contributed by atoms with Crippen LogP contribution < -0.4 is 15.6 Å². The molecule has 6 heteroatoms. The topological polar surface area (TPSA) is 56.2 Å². The lowest BCUT2D eigenvalue weighted by Crippen LogP contribution is -2.33. The van der Waals surface area contributed by atoms with Crippen molar-refractivity contribution in [2.75, 3.05) is 7.11 Å². The molecule has 0 unspecified atom stereocenters. The Bertz CT molecular complexity index is 1010. The molecule has 1 aromatic carbocycles. The number of fused-ring (bicyclic) bond motifs is 3. The fraction of sp³-hybridized carbons (Fsp3) is 0.455. The van der Waals surface area contributed by atoms with Gasteiger partial charge in [-0.05, 0) is 48.9 Å². The molecule has 0 fully saturated rings. The van der Waals surface area contributed by atoms with E-state index in [2.05, 4.69) is 29.4 Å². The van der Waals surface area contributed by atoms with E-state index in [4.69, 9.17) is 4.74 Å². The molecule has 2 heterocycles. The van der Waals surface area contributed by atoms with Gasteiger partial charge in [-0.15, -0.1) is 11.3 Å². The highest BCUT2D eigenvalue weighted by Gasteiger charge is 2.25. The summed E-state index contributed by atoms with van der Waals surface area (Å²) in [6, 6.07) is 8.63. The summed E-state index contributed by atoms with van der Waals surface area (Å²) >= 11 is 1.70. The minimum atomic E-state index is 0.139. The van der Waals surface area contributed by atoms with Crippen molar-refractivity contribution in [1.29, 1.82) is 0 Å². The summed E-state index contributed by atoms with van der Waals surface area (Å²) in [5.74, 6) is 0.883. The smallest absolute Gasteiger partial charge is 0.262 e. The maximum atomic E-state index is 12.9. The minimum absolute atomic E-state index is 0.139. The molecule has 2 aromatic heterocycles. The predicted molar refractivity (Wildman–Crippen MR) is 114 cm³/mol. The van der Waals surface area contributed by atoms with E-state index in [-0.39, 0.29) is 5.56 Å². The summed E-state index contributed by atoms with van der Waals surface area (Å²) in [5.41, 5.74) is 2.63. The van der Waals surface area contributed by atoms with Gasteiger partial charge in [0.2, 0.25) is 0 Å². The van der Waals surface area contributed by atoms with E-state index in [1.54, 1.807) is 29.3 Å². The number of hydrogen-bond acceptors (Lipinski definition) is 5. The molecule has 1 atom stereocenters. The largest absolute Gasteiger partial charge is 0.497 e. The second-order valence-electron chi connectivity index (χ2n) is 7.45. The molecule has 0 spiro atoms. The third-order valence-electron chi connectivity index (χ3n) is 5.54. The van der Waals surface area contributed by atoms with Gasteiger partial charge in [0.1, 0.15) is 10.6 Å². The maximum absolute atomic E-state index is 12.9. The molecule has 28 heavy (non-hydrogen) atoms. The Morgan fingerprint density at radius 1 is 1.32 bits per heavy atom. The summed E-state index contributed by atoms with van der Waals surface area (Å²) in [6.07, 6.45) is 6.79. The molecule has 1 N–H and O–H groups in total. The molecule has 3 aromatic rings. The normalized spacial score (nSPS) is 16.3. The van der Waals surface area contributed by atoms with Crippen molar-refractivity contribution in [3.8, 4) is 5.75 Å². The van der Waals surface area contributed by atoms with E-state index >= 15 is 0 Å². The third-order valence-corrected chi connectivity index (χ3v) is 6.70. The highest BCUT2D eigenvalue weighted by molar-refractivity contribution is 7.18. The molecule has 5 nitrogen and oxygen atoms in total. The fourth-order valence-corrected chi connectivity index (χ4v) is 5.13. The first kappa shape index (κ1) is 19.2. The fourth-order valence-electron chi connectivity index (χ4n) is 3.87. The summed E-state index contributed by atoms with van der Waals surface area (Å²) in [6.45, 7) is 3.74. The Kier molecular flexibility index (Phi) is 5.78. The van der Waals surface area contributed by atoms with Gasteiger partial charge in [0, 0.05) is 24.0 Å². The number of hydrogen-bond donors (Lipinski definition) is 1. The number of nitrogens with one attached hydrogen (secondary N) is 1. The Balaban J connectivity index is 1.48. The molecule has 0 saturated heterocycles. The number of unbranched alkanes of at least 4 members (excludes halogenated alkanes) is 1. The Morgan fingerprint density at radius 2 is 2.14 bits per heavy atom. The zero-order chi connectivity index (χ0) is 19.5. The molecule has 0 bridgehead atoms. The molecule has 1 aliphatic carbocycles. The van der Waals surface area contributed by atoms with Crippen LogP contribution in [0.2, 0.25) is 0 Å². The molecular formula is C22H27N3O2S. The van der Waals surface area contributed by atoms with Crippen LogP contribution >= 0.6 is 11.3 Å². The monoisotopic (exact) mass is 397 g/mol. The SMILES string of the molecule is CCCCn1cnc2sc3c(c2c1=O)CC[C@H](NCc1ccc(OC)cc1)C3. The third kappa shape index (κ3) is 3.84. The lowest BCUT2D eigenvalue weighted by atomic mass is 9.93. The first-order chi connectivity index (χ1) is 13.7. The Labute approximate surface area is 169 Å². The van der Waals surface area contributed by atoms with E-state index in [1.807, 2.05) is 12.1 Å². The van der Waals surface area contributed by atoms with Gasteiger partial charge in [-0.3, -0.25) is 9.36 Å². The van der Waals surface area contributed by atoms with Crippen LogP contribution in [0.1, 0.15) is 42.2 Å². The van der Waals surface area contributed by atoms with Crippen molar-refractivity contribution in [3.05, 3.63) is 57.0 Å². The van der Waals surface area contributed by atoms with Gasteiger partial charge in [-0.1, -0.05) is 25.5 Å². The van der Waals surface area contributed by atoms with E-state index in [1.165, 1.54) is 16.0 Å². The summed E-state index contributed by atoms with van der Waals surface area (Å²) in [7, 11) is 1.69. The number of nitrogens with zero attached hydrogens (tertiary/aromatic N) is 2. The van der Waals surface area contributed by atoms with E-state index < -0.39 is 0 Å². The average molecular weight is 398 g/mol. The van der Waals surface area contributed by atoms with Gasteiger partial charge in [0.05, 0.1) is 18.8 Å². The van der Waals surface area contributed by atoms with Gasteiger partial charge < -0.3 is 10.1 Å². The number of aryl methyl sites for hydroxylation is 2. The van der Waals surface area contributed by atoms with Crippen LogP contribution in [0.5, 0.6) is 5.75 Å². The minimum Gasteiger partial charge on any atom is -0.497 e. The molecular weight excluding hydrogens is 370 g/mol. The van der Waals surface area contributed by atoms with Gasteiger partial charge in [0.15, 0.2) is 0 Å². The number of rotatable bonds is 7. The van der Waals surface area contributed by atoms with Gasteiger partial charge in [-0.2, -0.15) is 0 Å². The van der Waals surface area contributed by atoms with Gasteiger partial charge in [-0.25, -0.2) is 4.98 Å². The second-order valence-corrected chi connectivity index (χ2v) is 8.53. The average Bonchev–Trinajstić information content (AvgIpc) is 3.10. The predicted octanol–water partition coefficient (Wildman–Crippen LogP) is 3.91. The zero-order valence-corrected chi connectivity index (χ0v) is 17.3. The van der Waals surface area contributed by atoms with Crippen LogP contribution in [0.4, 0.5) is 0 Å². The second kappa shape index (κ2) is 8.45. The van der Waals surface area contributed by atoms with Crippen LogP contribution in [0.15, 0.2) is 35.4 Å². The molecule has 0 saturated carbocycles. The molecule has 1 aliphatic rings.